The molecule has 0 bridgehead atoms. The first kappa shape index (κ1) is 12.6. The molecule has 1 heterocycles. The Hall–Kier alpha value is -1.88. The van der Waals surface area contributed by atoms with Gasteiger partial charge in [-0.1, -0.05) is 11.6 Å². The molecule has 5 nitrogen and oxygen atoms in total. The van der Waals surface area contributed by atoms with Gasteiger partial charge in [-0.05, 0) is 38.1 Å². The van der Waals surface area contributed by atoms with Gasteiger partial charge in [-0.15, -0.1) is 0 Å². The van der Waals surface area contributed by atoms with E-state index in [9.17, 15) is 14.4 Å². The van der Waals surface area contributed by atoms with E-state index in [0.717, 1.165) is 0 Å². The molecule has 2 rings (SSSR count). The molecular weight excluding hydrogens is 256 g/mol. The van der Waals surface area contributed by atoms with Crippen molar-refractivity contribution in [2.24, 2.45) is 0 Å². The summed E-state index contributed by atoms with van der Waals surface area (Å²) < 4.78 is 0. The molecule has 0 aliphatic carbocycles. The largest absolute Gasteiger partial charge is 0.332 e. The third-order valence-corrected chi connectivity index (χ3v) is 2.91. The number of rotatable bonds is 1. The monoisotopic (exact) mass is 266 g/mol. The van der Waals surface area contributed by atoms with Crippen LogP contribution < -0.4 is 5.32 Å². The van der Waals surface area contributed by atoms with Crippen molar-refractivity contribution < 1.29 is 14.4 Å². The lowest BCUT2D eigenvalue weighted by Gasteiger charge is -2.14. The minimum Gasteiger partial charge on any atom is -0.323 e. The lowest BCUT2D eigenvalue weighted by molar-refractivity contribution is -0.128. The second-order valence-corrected chi connectivity index (χ2v) is 4.94. The summed E-state index contributed by atoms with van der Waals surface area (Å²) in [6.07, 6.45) is 0. The number of hydrogen-bond donors (Lipinski definition) is 1. The molecule has 0 radical (unpaired) electrons. The summed E-state index contributed by atoms with van der Waals surface area (Å²) >= 11 is 5.71. The number of nitrogens with zero attached hydrogens (tertiary/aromatic N) is 1. The molecule has 1 aromatic rings. The average molecular weight is 267 g/mol. The Labute approximate surface area is 109 Å². The van der Waals surface area contributed by atoms with Crippen LogP contribution in [-0.2, 0) is 4.79 Å². The van der Waals surface area contributed by atoms with E-state index in [2.05, 4.69) is 5.32 Å². The second kappa shape index (κ2) is 4.10. The molecule has 18 heavy (non-hydrogen) atoms. The fourth-order valence-corrected chi connectivity index (χ4v) is 1.78. The molecule has 1 saturated heterocycles. The van der Waals surface area contributed by atoms with Crippen LogP contribution >= 0.6 is 11.6 Å². The number of amides is 4. The Morgan fingerprint density at radius 2 is 1.78 bits per heavy atom. The van der Waals surface area contributed by atoms with Crippen molar-refractivity contribution in [2.75, 3.05) is 0 Å². The molecule has 0 spiro atoms. The fraction of sp³-hybridized carbons (Fsp3) is 0.250. The number of nitrogens with one attached hydrogen (secondary N) is 1. The van der Waals surface area contributed by atoms with Gasteiger partial charge in [0.25, 0.3) is 11.8 Å². The highest BCUT2D eigenvalue weighted by Crippen LogP contribution is 2.20. The number of carbonyl (C=O) groups is 3. The fourth-order valence-electron chi connectivity index (χ4n) is 1.65. The molecule has 1 aromatic carbocycles. The first-order chi connectivity index (χ1) is 8.33. The molecule has 1 aliphatic heterocycles. The molecule has 0 saturated carbocycles. The summed E-state index contributed by atoms with van der Waals surface area (Å²) in [5, 5.41) is 2.92. The Morgan fingerprint density at radius 3 is 2.22 bits per heavy atom. The molecule has 94 valence electrons. The van der Waals surface area contributed by atoms with Crippen molar-refractivity contribution in [1.82, 2.24) is 10.2 Å². The number of carbonyl (C=O) groups excluding carboxylic acids is 3. The SMILES string of the molecule is CC1(C)NC(=O)N(C(=O)c2ccc(Cl)cc2)C1=O. The number of urea groups is 1. The van der Waals surface area contributed by atoms with Crippen LogP contribution in [0, 0.1) is 0 Å². The third kappa shape index (κ3) is 1.97. The van der Waals surface area contributed by atoms with Gasteiger partial charge in [0, 0.05) is 10.6 Å². The van der Waals surface area contributed by atoms with E-state index in [4.69, 9.17) is 11.6 Å². The second-order valence-electron chi connectivity index (χ2n) is 4.51. The molecule has 0 aromatic heterocycles. The van der Waals surface area contributed by atoms with Crippen molar-refractivity contribution >= 4 is 29.4 Å². The van der Waals surface area contributed by atoms with Crippen LogP contribution in [0.2, 0.25) is 5.02 Å². The van der Waals surface area contributed by atoms with Crippen molar-refractivity contribution in [3.8, 4) is 0 Å². The molecular formula is C12H11ClN2O3. The van der Waals surface area contributed by atoms with Crippen LogP contribution in [0.15, 0.2) is 24.3 Å². The molecule has 0 unspecified atom stereocenters. The first-order valence-corrected chi connectivity index (χ1v) is 5.67. The zero-order valence-electron chi connectivity index (χ0n) is 9.86. The highest BCUT2D eigenvalue weighted by Gasteiger charge is 2.47. The molecule has 0 atom stereocenters. The zero-order chi connectivity index (χ0) is 13.5. The van der Waals surface area contributed by atoms with E-state index in [1.807, 2.05) is 0 Å². The maximum Gasteiger partial charge on any atom is 0.332 e. The van der Waals surface area contributed by atoms with Gasteiger partial charge in [0.2, 0.25) is 0 Å². The normalized spacial score (nSPS) is 17.8. The zero-order valence-corrected chi connectivity index (χ0v) is 10.6. The van der Waals surface area contributed by atoms with Gasteiger partial charge in [0.05, 0.1) is 0 Å². The molecule has 1 aliphatic rings. The van der Waals surface area contributed by atoms with Gasteiger partial charge in [0.1, 0.15) is 5.54 Å². The summed E-state index contributed by atoms with van der Waals surface area (Å²) in [7, 11) is 0. The van der Waals surface area contributed by atoms with Crippen LogP contribution in [0.4, 0.5) is 4.79 Å². The molecule has 6 heteroatoms. The Kier molecular flexibility index (Phi) is 2.86. The van der Waals surface area contributed by atoms with Crippen molar-refractivity contribution in [3.63, 3.8) is 0 Å². The van der Waals surface area contributed by atoms with Gasteiger partial charge in [-0.2, -0.15) is 4.90 Å². The molecule has 4 amide bonds. The smallest absolute Gasteiger partial charge is 0.323 e. The van der Waals surface area contributed by atoms with E-state index in [-0.39, 0.29) is 5.56 Å². The number of halogens is 1. The minimum absolute atomic E-state index is 0.237. The number of benzene rings is 1. The van der Waals surface area contributed by atoms with Gasteiger partial charge in [0.15, 0.2) is 0 Å². The maximum absolute atomic E-state index is 12.1. The standard InChI is InChI=1S/C12H11ClN2O3/c1-12(2)10(17)15(11(18)14-12)9(16)7-3-5-8(13)6-4-7/h3-6H,1-2H3,(H,14,18). The quantitative estimate of drug-likeness (QED) is 0.623. The summed E-state index contributed by atoms with van der Waals surface area (Å²) in [6.45, 7) is 3.09. The van der Waals surface area contributed by atoms with Gasteiger partial charge < -0.3 is 5.32 Å². The third-order valence-electron chi connectivity index (χ3n) is 2.65. The summed E-state index contributed by atoms with van der Waals surface area (Å²) in [6, 6.07) is 5.29. The van der Waals surface area contributed by atoms with Gasteiger partial charge in [-0.3, -0.25) is 9.59 Å². The van der Waals surface area contributed by atoms with E-state index >= 15 is 0 Å². The Balaban J connectivity index is 2.33. The predicted molar refractivity (Wildman–Crippen MR) is 65.2 cm³/mol. The summed E-state index contributed by atoms with van der Waals surface area (Å²) in [4.78, 5) is 36.2. The highest BCUT2D eigenvalue weighted by atomic mass is 35.5. The number of hydrogen-bond acceptors (Lipinski definition) is 3. The maximum atomic E-state index is 12.1. The lowest BCUT2D eigenvalue weighted by atomic mass is 10.1. The van der Waals surface area contributed by atoms with Crippen LogP contribution in [-0.4, -0.2) is 28.3 Å². The van der Waals surface area contributed by atoms with Crippen molar-refractivity contribution in [1.29, 1.82) is 0 Å². The Morgan fingerprint density at radius 1 is 1.22 bits per heavy atom. The summed E-state index contributed by atoms with van der Waals surface area (Å²) in [5.41, 5.74) is -0.820. The van der Waals surface area contributed by atoms with Crippen LogP contribution in [0.1, 0.15) is 24.2 Å². The first-order valence-electron chi connectivity index (χ1n) is 5.29. The average Bonchev–Trinajstić information content (AvgIpc) is 2.48. The topological polar surface area (TPSA) is 66.5 Å². The van der Waals surface area contributed by atoms with Crippen LogP contribution in [0.25, 0.3) is 0 Å². The van der Waals surface area contributed by atoms with E-state index < -0.39 is 23.4 Å². The Bertz CT molecular complexity index is 537. The summed E-state index contributed by atoms with van der Waals surface area (Å²) in [5.74, 6) is -1.22. The van der Waals surface area contributed by atoms with E-state index in [1.165, 1.54) is 24.3 Å². The number of imide groups is 3. The highest BCUT2D eigenvalue weighted by molar-refractivity contribution is 6.30. The van der Waals surface area contributed by atoms with E-state index in [0.29, 0.717) is 9.92 Å². The lowest BCUT2D eigenvalue weighted by Crippen LogP contribution is -2.41. The molecule has 1 fully saturated rings. The van der Waals surface area contributed by atoms with Crippen molar-refractivity contribution in [2.45, 2.75) is 19.4 Å². The minimum atomic E-state index is -1.06. The van der Waals surface area contributed by atoms with Crippen molar-refractivity contribution in [3.05, 3.63) is 34.9 Å². The van der Waals surface area contributed by atoms with E-state index in [1.54, 1.807) is 13.8 Å². The molecule has 1 N–H and O–H groups in total. The predicted octanol–water partition coefficient (Wildman–Crippen LogP) is 1.81. The van der Waals surface area contributed by atoms with Gasteiger partial charge in [-0.25, -0.2) is 4.79 Å². The van der Waals surface area contributed by atoms with Crippen LogP contribution in [0.3, 0.4) is 0 Å². The van der Waals surface area contributed by atoms with Crippen LogP contribution in [0.5, 0.6) is 0 Å². The van der Waals surface area contributed by atoms with Gasteiger partial charge >= 0.3 is 6.03 Å².